The van der Waals surface area contributed by atoms with E-state index in [-0.39, 0.29) is 21.9 Å². The lowest BCUT2D eigenvalue weighted by molar-refractivity contribution is -0.387. The topological polar surface area (TPSA) is 113 Å². The highest BCUT2D eigenvalue weighted by atomic mass is 32.2. The maximum absolute atomic E-state index is 11.0. The Labute approximate surface area is 106 Å². The van der Waals surface area contributed by atoms with Crippen LogP contribution in [0.5, 0.6) is 0 Å². The Morgan fingerprint density at radius 2 is 2.17 bits per heavy atom. The summed E-state index contributed by atoms with van der Waals surface area (Å²) in [5, 5.41) is 10.8. The summed E-state index contributed by atoms with van der Waals surface area (Å²) < 4.78 is 4.43. The minimum atomic E-state index is -0.748. The van der Waals surface area contributed by atoms with Crippen LogP contribution in [0.25, 0.3) is 0 Å². The van der Waals surface area contributed by atoms with Gasteiger partial charge in [0.2, 0.25) is 5.91 Å². The molecule has 96 valence electrons. The van der Waals surface area contributed by atoms with E-state index in [4.69, 9.17) is 5.73 Å². The van der Waals surface area contributed by atoms with Gasteiger partial charge >= 0.3 is 5.97 Å². The molecule has 0 bridgehead atoms. The Morgan fingerprint density at radius 1 is 1.50 bits per heavy atom. The number of thioether (sulfide) groups is 1. The molecule has 1 aromatic rings. The van der Waals surface area contributed by atoms with Gasteiger partial charge in [0.1, 0.15) is 0 Å². The molecule has 0 unspecified atom stereocenters. The van der Waals surface area contributed by atoms with Crippen LogP contribution in [0, 0.1) is 10.1 Å². The van der Waals surface area contributed by atoms with E-state index in [1.807, 2.05) is 0 Å². The molecule has 8 heteroatoms. The Bertz CT molecular complexity index is 503. The van der Waals surface area contributed by atoms with Gasteiger partial charge in [-0.2, -0.15) is 0 Å². The minimum absolute atomic E-state index is 0.0455. The number of hydrogen-bond donors (Lipinski definition) is 1. The van der Waals surface area contributed by atoms with Crippen molar-refractivity contribution in [2.45, 2.75) is 4.90 Å². The van der Waals surface area contributed by atoms with Gasteiger partial charge in [0.05, 0.1) is 22.7 Å². The van der Waals surface area contributed by atoms with Crippen molar-refractivity contribution in [2.24, 2.45) is 5.73 Å². The highest BCUT2D eigenvalue weighted by molar-refractivity contribution is 8.00. The molecule has 1 aromatic carbocycles. The second-order valence-corrected chi connectivity index (χ2v) is 4.19. The Kier molecular flexibility index (Phi) is 4.67. The molecule has 0 aromatic heterocycles. The third-order valence-electron chi connectivity index (χ3n) is 2.01. The summed E-state index contributed by atoms with van der Waals surface area (Å²) in [6.45, 7) is 0. The molecule has 1 rings (SSSR count). The van der Waals surface area contributed by atoms with E-state index in [1.54, 1.807) is 0 Å². The zero-order valence-electron chi connectivity index (χ0n) is 9.41. The molecule has 0 aliphatic carbocycles. The molecule has 7 nitrogen and oxygen atoms in total. The van der Waals surface area contributed by atoms with Crippen molar-refractivity contribution >= 4 is 29.3 Å². The standard InChI is InChI=1S/C10H10N2O5S/c1-17-9(13)5-18-8-3-2-6(10(11)14)4-7(8)12(15)16/h2-4H,5H2,1H3,(H2,11,14). The summed E-state index contributed by atoms with van der Waals surface area (Å²) in [6.07, 6.45) is 0. The van der Waals surface area contributed by atoms with Crippen molar-refractivity contribution in [3.8, 4) is 0 Å². The van der Waals surface area contributed by atoms with Crippen molar-refractivity contribution in [1.29, 1.82) is 0 Å². The van der Waals surface area contributed by atoms with Gasteiger partial charge in [-0.05, 0) is 12.1 Å². The number of carbonyl (C=O) groups excluding carboxylic acids is 2. The van der Waals surface area contributed by atoms with Gasteiger partial charge in [-0.15, -0.1) is 11.8 Å². The van der Waals surface area contributed by atoms with E-state index in [0.717, 1.165) is 17.8 Å². The predicted molar refractivity (Wildman–Crippen MR) is 64.4 cm³/mol. The normalized spacial score (nSPS) is 9.83. The zero-order valence-corrected chi connectivity index (χ0v) is 10.2. The molecule has 0 aliphatic heterocycles. The first-order valence-corrected chi connectivity index (χ1v) is 5.72. The Hall–Kier alpha value is -2.09. The lowest BCUT2D eigenvalue weighted by Gasteiger charge is -2.03. The van der Waals surface area contributed by atoms with Crippen LogP contribution >= 0.6 is 11.8 Å². The van der Waals surface area contributed by atoms with Crippen LogP contribution in [0.15, 0.2) is 23.1 Å². The maximum Gasteiger partial charge on any atom is 0.315 e. The molecule has 0 spiro atoms. The first kappa shape index (κ1) is 14.0. The number of benzene rings is 1. The van der Waals surface area contributed by atoms with Gasteiger partial charge in [0.15, 0.2) is 0 Å². The average molecular weight is 270 g/mol. The maximum atomic E-state index is 11.0. The first-order valence-electron chi connectivity index (χ1n) is 4.73. The third kappa shape index (κ3) is 3.45. The number of nitro groups is 1. The van der Waals surface area contributed by atoms with E-state index >= 15 is 0 Å². The molecule has 0 saturated carbocycles. The molecule has 0 saturated heterocycles. The van der Waals surface area contributed by atoms with Crippen LogP contribution < -0.4 is 5.73 Å². The number of nitro benzene ring substituents is 1. The number of primary amides is 1. The fraction of sp³-hybridized carbons (Fsp3) is 0.200. The predicted octanol–water partition coefficient (Wildman–Crippen LogP) is 0.959. The highest BCUT2D eigenvalue weighted by Gasteiger charge is 2.17. The summed E-state index contributed by atoms with van der Waals surface area (Å²) in [4.78, 5) is 32.3. The van der Waals surface area contributed by atoms with Crippen LogP contribution in [0.4, 0.5) is 5.69 Å². The number of rotatable bonds is 5. The number of carbonyl (C=O) groups is 2. The van der Waals surface area contributed by atoms with Crippen molar-refractivity contribution < 1.29 is 19.2 Å². The molecular weight excluding hydrogens is 260 g/mol. The summed E-state index contributed by atoms with van der Waals surface area (Å²) in [6, 6.07) is 3.84. The number of methoxy groups -OCH3 is 1. The van der Waals surface area contributed by atoms with Crippen molar-refractivity contribution in [3.05, 3.63) is 33.9 Å². The van der Waals surface area contributed by atoms with Gasteiger partial charge in [-0.3, -0.25) is 19.7 Å². The Balaban J connectivity index is 3.00. The monoisotopic (exact) mass is 270 g/mol. The van der Waals surface area contributed by atoms with Gasteiger partial charge in [-0.1, -0.05) is 0 Å². The number of esters is 1. The zero-order chi connectivity index (χ0) is 13.7. The summed E-state index contributed by atoms with van der Waals surface area (Å²) in [7, 11) is 1.23. The molecule has 0 fully saturated rings. The van der Waals surface area contributed by atoms with Crippen molar-refractivity contribution in [3.63, 3.8) is 0 Å². The van der Waals surface area contributed by atoms with E-state index in [1.165, 1.54) is 19.2 Å². The van der Waals surface area contributed by atoms with E-state index < -0.39 is 16.8 Å². The van der Waals surface area contributed by atoms with Crippen LogP contribution in [0.3, 0.4) is 0 Å². The minimum Gasteiger partial charge on any atom is -0.468 e. The number of nitrogens with zero attached hydrogens (tertiary/aromatic N) is 1. The number of hydrogen-bond acceptors (Lipinski definition) is 6. The first-order chi connectivity index (χ1) is 8.45. The van der Waals surface area contributed by atoms with Gasteiger partial charge in [0.25, 0.3) is 5.69 Å². The van der Waals surface area contributed by atoms with Crippen LogP contribution in [-0.4, -0.2) is 29.7 Å². The molecular formula is C10H10N2O5S. The second kappa shape index (κ2) is 6.01. The number of nitrogens with two attached hydrogens (primary N) is 1. The highest BCUT2D eigenvalue weighted by Crippen LogP contribution is 2.30. The largest absolute Gasteiger partial charge is 0.468 e. The van der Waals surface area contributed by atoms with Gasteiger partial charge in [-0.25, -0.2) is 0 Å². The fourth-order valence-corrected chi connectivity index (χ4v) is 1.97. The lowest BCUT2D eigenvalue weighted by atomic mass is 10.2. The van der Waals surface area contributed by atoms with E-state index in [9.17, 15) is 19.7 Å². The van der Waals surface area contributed by atoms with Gasteiger partial charge < -0.3 is 10.5 Å². The van der Waals surface area contributed by atoms with Gasteiger partial charge in [0, 0.05) is 11.6 Å². The average Bonchev–Trinajstić information content (AvgIpc) is 2.35. The third-order valence-corrected chi connectivity index (χ3v) is 3.05. The van der Waals surface area contributed by atoms with Crippen LogP contribution in [0.2, 0.25) is 0 Å². The smallest absolute Gasteiger partial charge is 0.315 e. The molecule has 0 radical (unpaired) electrons. The summed E-state index contributed by atoms with van der Waals surface area (Å²) >= 11 is 0.960. The quantitative estimate of drug-likeness (QED) is 0.369. The summed E-state index contributed by atoms with van der Waals surface area (Å²) in [5.74, 6) is -1.29. The number of ether oxygens (including phenoxy) is 1. The van der Waals surface area contributed by atoms with E-state index in [0.29, 0.717) is 0 Å². The molecule has 0 atom stereocenters. The second-order valence-electron chi connectivity index (χ2n) is 3.17. The molecule has 0 heterocycles. The molecule has 1 amide bonds. The lowest BCUT2D eigenvalue weighted by Crippen LogP contribution is -2.11. The Morgan fingerprint density at radius 3 is 2.67 bits per heavy atom. The molecule has 2 N–H and O–H groups in total. The molecule has 0 aliphatic rings. The summed E-state index contributed by atoms with van der Waals surface area (Å²) in [5.41, 5.74) is 4.82. The van der Waals surface area contributed by atoms with Crippen molar-refractivity contribution in [2.75, 3.05) is 12.9 Å². The molecule has 18 heavy (non-hydrogen) atoms. The van der Waals surface area contributed by atoms with Crippen LogP contribution in [-0.2, 0) is 9.53 Å². The fourth-order valence-electron chi connectivity index (χ4n) is 1.13. The number of amides is 1. The van der Waals surface area contributed by atoms with Crippen molar-refractivity contribution in [1.82, 2.24) is 0 Å². The van der Waals surface area contributed by atoms with Crippen LogP contribution in [0.1, 0.15) is 10.4 Å². The van der Waals surface area contributed by atoms with E-state index in [2.05, 4.69) is 4.74 Å². The SMILES string of the molecule is COC(=O)CSc1ccc(C(N)=O)cc1[N+](=O)[O-].